The molecule has 0 radical (unpaired) electrons. The van der Waals surface area contributed by atoms with Crippen molar-refractivity contribution in [2.75, 3.05) is 13.1 Å². The highest BCUT2D eigenvalue weighted by molar-refractivity contribution is 5.56. The van der Waals surface area contributed by atoms with Crippen molar-refractivity contribution in [2.45, 2.75) is 44.2 Å². The zero-order valence-electron chi connectivity index (χ0n) is 16.8. The van der Waals surface area contributed by atoms with Crippen LogP contribution < -0.4 is 15.6 Å². The minimum atomic E-state index is -0.0829. The van der Waals surface area contributed by atoms with Gasteiger partial charge in [-0.05, 0) is 56.5 Å². The fourth-order valence-corrected chi connectivity index (χ4v) is 3.79. The minimum Gasteiger partial charge on any atom is -0.487 e. The number of hydrogen-bond acceptors (Lipinski definition) is 6. The number of aromatic nitrogens is 4. The Morgan fingerprint density at radius 1 is 1.03 bits per heavy atom. The van der Waals surface area contributed by atoms with Crippen molar-refractivity contribution < 1.29 is 4.74 Å². The average Bonchev–Trinajstić information content (AvgIpc) is 3.62. The summed E-state index contributed by atoms with van der Waals surface area (Å²) < 4.78 is 7.53. The molecule has 1 aliphatic carbocycles. The van der Waals surface area contributed by atoms with Crippen LogP contribution in [-0.4, -0.2) is 38.9 Å². The number of piperidine rings is 1. The molecule has 1 saturated heterocycles. The van der Waals surface area contributed by atoms with E-state index in [-0.39, 0.29) is 11.7 Å². The van der Waals surface area contributed by atoms with Crippen LogP contribution in [-0.2, 0) is 6.54 Å². The van der Waals surface area contributed by atoms with Gasteiger partial charge in [0.1, 0.15) is 6.10 Å². The second-order valence-corrected chi connectivity index (χ2v) is 8.04. The van der Waals surface area contributed by atoms with Gasteiger partial charge in [0.25, 0.3) is 5.56 Å². The molecule has 2 aromatic heterocycles. The summed E-state index contributed by atoms with van der Waals surface area (Å²) in [5.41, 5.74) is 2.83. The van der Waals surface area contributed by atoms with Crippen LogP contribution in [0.4, 0.5) is 0 Å². The highest BCUT2D eigenvalue weighted by atomic mass is 16.5. The molecule has 0 spiro atoms. The number of ether oxygens (including phenoxy) is 1. The van der Waals surface area contributed by atoms with Gasteiger partial charge in [-0.25, -0.2) is 14.6 Å². The van der Waals surface area contributed by atoms with Gasteiger partial charge in [-0.2, -0.15) is 5.10 Å². The van der Waals surface area contributed by atoms with Crippen LogP contribution in [0.25, 0.3) is 11.4 Å². The summed E-state index contributed by atoms with van der Waals surface area (Å²) >= 11 is 0. The van der Waals surface area contributed by atoms with Gasteiger partial charge in [0.05, 0.1) is 24.6 Å². The van der Waals surface area contributed by atoms with E-state index in [0.717, 1.165) is 55.6 Å². The van der Waals surface area contributed by atoms with E-state index in [4.69, 9.17) is 4.74 Å². The summed E-state index contributed by atoms with van der Waals surface area (Å²) in [6.45, 7) is 2.40. The highest BCUT2D eigenvalue weighted by Crippen LogP contribution is 2.38. The zero-order valence-corrected chi connectivity index (χ0v) is 16.8. The van der Waals surface area contributed by atoms with Crippen LogP contribution >= 0.6 is 0 Å². The van der Waals surface area contributed by atoms with Crippen molar-refractivity contribution in [3.63, 3.8) is 0 Å². The summed E-state index contributed by atoms with van der Waals surface area (Å²) in [6.07, 6.45) is 8.02. The maximum Gasteiger partial charge on any atom is 0.267 e. The Morgan fingerprint density at radius 3 is 2.60 bits per heavy atom. The third-order valence-corrected chi connectivity index (χ3v) is 5.62. The number of benzene rings is 1. The normalized spacial score (nSPS) is 17.1. The Bertz CT molecular complexity index is 1070. The first kappa shape index (κ1) is 18.9. The molecular weight excluding hydrogens is 378 g/mol. The SMILES string of the molecule is O=c1ccc(C2CC2)nn1Cc1cccc(-c2ncc(OC3CCNCC3)cn2)c1. The van der Waals surface area contributed by atoms with E-state index in [1.165, 1.54) is 0 Å². The molecule has 5 rings (SSSR count). The van der Waals surface area contributed by atoms with Crippen LogP contribution in [0.15, 0.2) is 53.6 Å². The van der Waals surface area contributed by atoms with Gasteiger partial charge in [0, 0.05) is 17.5 Å². The number of nitrogens with one attached hydrogen (secondary N) is 1. The molecular formula is C23H25N5O2. The molecule has 1 saturated carbocycles. The smallest absolute Gasteiger partial charge is 0.267 e. The minimum absolute atomic E-state index is 0.0829. The molecule has 1 aliphatic heterocycles. The summed E-state index contributed by atoms with van der Waals surface area (Å²) in [5.74, 6) is 1.86. The van der Waals surface area contributed by atoms with E-state index in [2.05, 4.69) is 20.4 Å². The zero-order chi connectivity index (χ0) is 20.3. The van der Waals surface area contributed by atoms with E-state index in [9.17, 15) is 4.79 Å². The van der Waals surface area contributed by atoms with Crippen molar-refractivity contribution in [3.8, 4) is 17.1 Å². The molecule has 0 atom stereocenters. The fraction of sp³-hybridized carbons (Fsp3) is 0.391. The molecule has 1 aromatic carbocycles. The summed E-state index contributed by atoms with van der Waals surface area (Å²) in [6, 6.07) is 11.4. The second-order valence-electron chi connectivity index (χ2n) is 8.04. The predicted molar refractivity (Wildman–Crippen MR) is 114 cm³/mol. The summed E-state index contributed by atoms with van der Waals surface area (Å²) in [7, 11) is 0. The van der Waals surface area contributed by atoms with Gasteiger partial charge < -0.3 is 10.1 Å². The molecule has 2 aliphatic rings. The van der Waals surface area contributed by atoms with Crippen LogP contribution in [0.3, 0.4) is 0 Å². The van der Waals surface area contributed by atoms with Crippen molar-refractivity contribution in [3.05, 3.63) is 70.4 Å². The lowest BCUT2D eigenvalue weighted by Gasteiger charge is -2.23. The van der Waals surface area contributed by atoms with Gasteiger partial charge in [-0.3, -0.25) is 4.79 Å². The third-order valence-electron chi connectivity index (χ3n) is 5.62. The van der Waals surface area contributed by atoms with Gasteiger partial charge in [-0.1, -0.05) is 18.2 Å². The number of hydrogen-bond donors (Lipinski definition) is 1. The quantitative estimate of drug-likeness (QED) is 0.682. The van der Waals surface area contributed by atoms with E-state index in [0.29, 0.717) is 24.0 Å². The monoisotopic (exact) mass is 403 g/mol. The molecule has 7 nitrogen and oxygen atoms in total. The first-order chi connectivity index (χ1) is 14.7. The molecule has 3 heterocycles. The van der Waals surface area contributed by atoms with Crippen LogP contribution in [0.1, 0.15) is 42.9 Å². The molecule has 2 fully saturated rings. The maximum absolute atomic E-state index is 12.2. The van der Waals surface area contributed by atoms with Crippen molar-refractivity contribution in [1.82, 2.24) is 25.1 Å². The summed E-state index contributed by atoms with van der Waals surface area (Å²) in [4.78, 5) is 21.2. The van der Waals surface area contributed by atoms with Crippen molar-refractivity contribution in [2.24, 2.45) is 0 Å². The van der Waals surface area contributed by atoms with E-state index in [1.54, 1.807) is 23.1 Å². The largest absolute Gasteiger partial charge is 0.487 e. The Hall–Kier alpha value is -3.06. The van der Waals surface area contributed by atoms with Crippen LogP contribution in [0.2, 0.25) is 0 Å². The van der Waals surface area contributed by atoms with Crippen molar-refractivity contribution in [1.29, 1.82) is 0 Å². The highest BCUT2D eigenvalue weighted by Gasteiger charge is 2.25. The lowest BCUT2D eigenvalue weighted by atomic mass is 10.1. The number of nitrogens with zero attached hydrogens (tertiary/aromatic N) is 4. The van der Waals surface area contributed by atoms with Gasteiger partial charge in [-0.15, -0.1) is 0 Å². The fourth-order valence-electron chi connectivity index (χ4n) is 3.79. The molecule has 0 unspecified atom stereocenters. The Labute approximate surface area is 175 Å². The van der Waals surface area contributed by atoms with E-state index < -0.39 is 0 Å². The maximum atomic E-state index is 12.2. The lowest BCUT2D eigenvalue weighted by molar-refractivity contribution is 0.161. The number of rotatable bonds is 6. The summed E-state index contributed by atoms with van der Waals surface area (Å²) in [5, 5.41) is 7.88. The van der Waals surface area contributed by atoms with E-state index >= 15 is 0 Å². The molecule has 7 heteroatoms. The van der Waals surface area contributed by atoms with Crippen LogP contribution in [0, 0.1) is 0 Å². The third kappa shape index (κ3) is 4.41. The van der Waals surface area contributed by atoms with E-state index in [1.807, 2.05) is 30.3 Å². The second kappa shape index (κ2) is 8.36. The molecule has 1 N–H and O–H groups in total. The first-order valence-corrected chi connectivity index (χ1v) is 10.6. The average molecular weight is 403 g/mol. The Morgan fingerprint density at radius 2 is 1.83 bits per heavy atom. The van der Waals surface area contributed by atoms with Crippen molar-refractivity contribution >= 4 is 0 Å². The molecule has 154 valence electrons. The molecule has 30 heavy (non-hydrogen) atoms. The Kier molecular flexibility index (Phi) is 5.27. The molecule has 0 bridgehead atoms. The van der Waals surface area contributed by atoms with Gasteiger partial charge >= 0.3 is 0 Å². The predicted octanol–water partition coefficient (Wildman–Crippen LogP) is 2.76. The molecule has 3 aromatic rings. The lowest BCUT2D eigenvalue weighted by Crippen LogP contribution is -2.34. The topological polar surface area (TPSA) is 81.9 Å². The standard InChI is InChI=1S/C23H25N5O2/c29-22-7-6-21(17-4-5-17)27-28(22)15-16-2-1-3-18(12-16)23-25-13-20(14-26-23)30-19-8-10-24-11-9-19/h1-3,6-7,12-14,17,19,24H,4-5,8-11,15H2. The van der Waals surface area contributed by atoms with Gasteiger partial charge in [0.2, 0.25) is 0 Å². The molecule has 0 amide bonds. The van der Waals surface area contributed by atoms with Crippen LogP contribution in [0.5, 0.6) is 5.75 Å². The Balaban J connectivity index is 1.31. The first-order valence-electron chi connectivity index (χ1n) is 10.6. The van der Waals surface area contributed by atoms with Gasteiger partial charge in [0.15, 0.2) is 11.6 Å².